The van der Waals surface area contributed by atoms with Crippen molar-refractivity contribution in [2.75, 3.05) is 57.5 Å². The van der Waals surface area contributed by atoms with Crippen molar-refractivity contribution >= 4 is 17.4 Å². The van der Waals surface area contributed by atoms with E-state index in [1.807, 2.05) is 44.4 Å². The monoisotopic (exact) mass is 516 g/mol. The minimum absolute atomic E-state index is 0.0337. The molecule has 0 aliphatic carbocycles. The van der Waals surface area contributed by atoms with Gasteiger partial charge in [0.05, 0.1) is 0 Å². The smallest absolute Gasteiger partial charge is 0.251 e. The van der Waals surface area contributed by atoms with E-state index in [-0.39, 0.29) is 17.8 Å². The molecular formula is C30H37FN6O. The maximum Gasteiger partial charge on any atom is 0.251 e. The van der Waals surface area contributed by atoms with Gasteiger partial charge in [-0.2, -0.15) is 4.39 Å². The Morgan fingerprint density at radius 1 is 1.00 bits per heavy atom. The number of amides is 1. The van der Waals surface area contributed by atoms with Crippen LogP contribution in [-0.4, -0.2) is 79.6 Å². The topological polar surface area (TPSA) is 77.7 Å². The van der Waals surface area contributed by atoms with Crippen molar-refractivity contribution < 1.29 is 9.18 Å². The van der Waals surface area contributed by atoms with Crippen LogP contribution in [0, 0.1) is 5.95 Å². The normalized spacial score (nSPS) is 18.1. The van der Waals surface area contributed by atoms with Gasteiger partial charge in [0.25, 0.3) is 5.91 Å². The lowest BCUT2D eigenvalue weighted by molar-refractivity contribution is 0.0917. The molecule has 2 aliphatic heterocycles. The van der Waals surface area contributed by atoms with Gasteiger partial charge < -0.3 is 20.9 Å². The molecule has 200 valence electrons. The van der Waals surface area contributed by atoms with Crippen molar-refractivity contribution in [1.82, 2.24) is 20.1 Å². The summed E-state index contributed by atoms with van der Waals surface area (Å²) >= 11 is 0. The van der Waals surface area contributed by atoms with Crippen LogP contribution >= 0.6 is 0 Å². The zero-order chi connectivity index (χ0) is 27.0. The Kier molecular flexibility index (Phi) is 7.36. The van der Waals surface area contributed by atoms with Crippen LogP contribution in [0.2, 0.25) is 0 Å². The van der Waals surface area contributed by atoms with E-state index in [2.05, 4.69) is 51.0 Å². The van der Waals surface area contributed by atoms with Crippen molar-refractivity contribution in [3.63, 3.8) is 0 Å². The van der Waals surface area contributed by atoms with Crippen LogP contribution in [0.3, 0.4) is 0 Å². The molecule has 1 aromatic heterocycles. The predicted molar refractivity (Wildman–Crippen MR) is 152 cm³/mol. The summed E-state index contributed by atoms with van der Waals surface area (Å²) in [6, 6.07) is 16.0. The summed E-state index contributed by atoms with van der Waals surface area (Å²) in [5.41, 5.74) is 11.6. The van der Waals surface area contributed by atoms with Crippen molar-refractivity contribution in [2.24, 2.45) is 0 Å². The molecule has 38 heavy (non-hydrogen) atoms. The highest BCUT2D eigenvalue weighted by Gasteiger charge is 2.25. The first kappa shape index (κ1) is 26.1. The van der Waals surface area contributed by atoms with Gasteiger partial charge in [0.1, 0.15) is 5.82 Å². The lowest BCUT2D eigenvalue weighted by Crippen LogP contribution is -2.48. The largest absolute Gasteiger partial charge is 0.383 e. The number of fused-ring (bicyclic) bond motifs is 1. The summed E-state index contributed by atoms with van der Waals surface area (Å²) in [5.74, 6) is -0.523. The highest BCUT2D eigenvalue weighted by molar-refractivity contribution is 5.98. The molecule has 3 aromatic rings. The number of carbonyl (C=O) groups is 1. The molecule has 1 saturated heterocycles. The van der Waals surface area contributed by atoms with E-state index >= 15 is 4.39 Å². The quantitative estimate of drug-likeness (QED) is 0.484. The number of likely N-dealkylation sites (N-methyl/N-ethyl adjacent to an activating group) is 1. The average molecular weight is 517 g/mol. The molecule has 0 bridgehead atoms. The van der Waals surface area contributed by atoms with Gasteiger partial charge in [-0.15, -0.1) is 0 Å². The molecular weight excluding hydrogens is 479 g/mol. The number of nitrogens with two attached hydrogens (primary N) is 1. The third-order valence-corrected chi connectivity index (χ3v) is 7.64. The molecule has 5 rings (SSSR count). The number of anilines is 2. The molecule has 0 radical (unpaired) electrons. The van der Waals surface area contributed by atoms with Gasteiger partial charge in [-0.1, -0.05) is 24.3 Å². The van der Waals surface area contributed by atoms with Crippen LogP contribution in [0.1, 0.15) is 29.8 Å². The van der Waals surface area contributed by atoms with E-state index < -0.39 is 5.95 Å². The second-order valence-corrected chi connectivity index (χ2v) is 10.9. The van der Waals surface area contributed by atoms with Gasteiger partial charge in [0.2, 0.25) is 5.95 Å². The highest BCUT2D eigenvalue weighted by Crippen LogP contribution is 2.34. The Labute approximate surface area is 224 Å². The molecule has 7 nitrogen and oxygen atoms in total. The Balaban J connectivity index is 1.40. The number of halogens is 1. The minimum atomic E-state index is -0.590. The maximum absolute atomic E-state index is 15.0. The Bertz CT molecular complexity index is 1320. The highest BCUT2D eigenvalue weighted by atomic mass is 19.1. The number of nitrogens with one attached hydrogen (secondary N) is 1. The second kappa shape index (κ2) is 10.7. The SMILES string of the molecule is CC(C)N1CCN(c2ccc(-c3cc(-c4ccc5c(c4)CC(CN(C)C)NC5=O)c(N)nc3F)cc2)CC1. The molecule has 0 spiro atoms. The number of aromatic nitrogens is 1. The number of benzene rings is 2. The molecule has 2 aromatic carbocycles. The number of rotatable bonds is 6. The number of piperazine rings is 1. The zero-order valence-corrected chi connectivity index (χ0v) is 22.7. The van der Waals surface area contributed by atoms with E-state index in [1.54, 1.807) is 6.07 Å². The lowest BCUT2D eigenvalue weighted by atomic mass is 9.91. The maximum atomic E-state index is 15.0. The zero-order valence-electron chi connectivity index (χ0n) is 22.7. The average Bonchev–Trinajstić information content (AvgIpc) is 2.88. The molecule has 3 N–H and O–H groups in total. The molecule has 2 aliphatic rings. The van der Waals surface area contributed by atoms with Gasteiger partial charge >= 0.3 is 0 Å². The number of carbonyl (C=O) groups excluding carboxylic acids is 1. The third-order valence-electron chi connectivity index (χ3n) is 7.64. The minimum Gasteiger partial charge on any atom is -0.383 e. The van der Waals surface area contributed by atoms with Gasteiger partial charge in [-0.3, -0.25) is 9.69 Å². The Hall–Kier alpha value is -3.49. The van der Waals surface area contributed by atoms with Crippen molar-refractivity contribution in [2.45, 2.75) is 32.4 Å². The molecule has 1 atom stereocenters. The summed E-state index contributed by atoms with van der Waals surface area (Å²) in [6.45, 7) is 9.25. The number of hydrogen-bond donors (Lipinski definition) is 2. The predicted octanol–water partition coefficient (Wildman–Crippen LogP) is 3.88. The summed E-state index contributed by atoms with van der Waals surface area (Å²) in [6.07, 6.45) is 0.724. The first-order chi connectivity index (χ1) is 18.2. The summed E-state index contributed by atoms with van der Waals surface area (Å²) in [5, 5.41) is 3.07. The van der Waals surface area contributed by atoms with Crippen molar-refractivity contribution in [3.8, 4) is 22.3 Å². The van der Waals surface area contributed by atoms with Crippen molar-refractivity contribution in [1.29, 1.82) is 0 Å². The third kappa shape index (κ3) is 5.37. The van der Waals surface area contributed by atoms with E-state index in [0.29, 0.717) is 22.7 Å². The first-order valence-electron chi connectivity index (χ1n) is 13.3. The number of pyridine rings is 1. The fraction of sp³-hybridized carbons (Fsp3) is 0.400. The molecule has 8 heteroatoms. The fourth-order valence-corrected chi connectivity index (χ4v) is 5.57. The summed E-state index contributed by atoms with van der Waals surface area (Å²) in [7, 11) is 3.98. The van der Waals surface area contributed by atoms with Crippen LogP contribution in [0.4, 0.5) is 15.9 Å². The van der Waals surface area contributed by atoms with Gasteiger partial charge in [-0.05, 0) is 75.3 Å². The van der Waals surface area contributed by atoms with Crippen molar-refractivity contribution in [3.05, 3.63) is 65.6 Å². The lowest BCUT2D eigenvalue weighted by Gasteiger charge is -2.38. The van der Waals surface area contributed by atoms with Crippen LogP contribution in [0.25, 0.3) is 22.3 Å². The van der Waals surface area contributed by atoms with E-state index in [0.717, 1.165) is 61.5 Å². The number of nitrogen functional groups attached to an aromatic ring is 1. The Morgan fingerprint density at radius 3 is 2.34 bits per heavy atom. The van der Waals surface area contributed by atoms with Crippen LogP contribution in [-0.2, 0) is 6.42 Å². The van der Waals surface area contributed by atoms with E-state index in [4.69, 9.17) is 5.73 Å². The summed E-state index contributed by atoms with van der Waals surface area (Å²) < 4.78 is 15.0. The van der Waals surface area contributed by atoms with Gasteiger partial charge in [0.15, 0.2) is 0 Å². The Morgan fingerprint density at radius 2 is 1.68 bits per heavy atom. The molecule has 1 unspecified atom stereocenters. The van der Waals surface area contributed by atoms with Crippen LogP contribution in [0.5, 0.6) is 0 Å². The van der Waals surface area contributed by atoms with Gasteiger partial charge in [-0.25, -0.2) is 4.98 Å². The fourth-order valence-electron chi connectivity index (χ4n) is 5.57. The molecule has 1 fully saturated rings. The molecule has 1 amide bonds. The first-order valence-corrected chi connectivity index (χ1v) is 13.3. The number of hydrogen-bond acceptors (Lipinski definition) is 6. The standard InChI is InChI=1S/C30H37FN6O/c1-19(2)36-11-13-37(14-12-36)24-8-5-20(6-9-24)26-17-27(29(32)34-28(26)31)21-7-10-25-22(15-21)16-23(18-35(3)4)33-30(25)38/h5-10,15,17,19,23H,11-14,16,18H2,1-4H3,(H2,32,34)(H,33,38). The molecule has 3 heterocycles. The van der Waals surface area contributed by atoms with E-state index in [1.165, 1.54) is 0 Å². The van der Waals surface area contributed by atoms with Crippen LogP contribution in [0.15, 0.2) is 48.5 Å². The number of nitrogens with zero attached hydrogens (tertiary/aromatic N) is 4. The molecule has 0 saturated carbocycles. The summed E-state index contributed by atoms with van der Waals surface area (Å²) in [4.78, 5) is 23.6. The second-order valence-electron chi connectivity index (χ2n) is 10.9. The van der Waals surface area contributed by atoms with E-state index in [9.17, 15) is 4.79 Å². The van der Waals surface area contributed by atoms with Crippen LogP contribution < -0.4 is 16.0 Å². The van der Waals surface area contributed by atoms with Gasteiger partial charge in [0, 0.05) is 67.2 Å².